The van der Waals surface area contributed by atoms with Gasteiger partial charge in [0.25, 0.3) is 0 Å². The average Bonchev–Trinajstić information content (AvgIpc) is 2.62. The van der Waals surface area contributed by atoms with E-state index in [1.165, 1.54) is 36.2 Å². The number of rotatable bonds is 6. The Morgan fingerprint density at radius 2 is 2.16 bits per heavy atom. The Morgan fingerprint density at radius 3 is 2.80 bits per heavy atom. The fourth-order valence-electron chi connectivity index (χ4n) is 2.61. The van der Waals surface area contributed by atoms with Crippen LogP contribution in [0, 0.1) is 22.7 Å². The molecule has 1 amide bonds. The van der Waals surface area contributed by atoms with Crippen LogP contribution in [0.2, 0.25) is 0 Å². The molecule has 0 spiro atoms. The van der Waals surface area contributed by atoms with Gasteiger partial charge in [0.2, 0.25) is 5.91 Å². The molecule has 1 aromatic rings. The zero-order valence-corrected chi connectivity index (χ0v) is 15.0. The van der Waals surface area contributed by atoms with Gasteiger partial charge >= 0.3 is 0 Å². The summed E-state index contributed by atoms with van der Waals surface area (Å²) in [7, 11) is 0. The molecule has 3 N–H and O–H groups in total. The van der Waals surface area contributed by atoms with Gasteiger partial charge in [-0.05, 0) is 45.1 Å². The number of amides is 1. The Balaban J connectivity index is 1.92. The van der Waals surface area contributed by atoms with E-state index in [9.17, 15) is 10.1 Å². The molecule has 0 saturated heterocycles. The highest BCUT2D eigenvalue weighted by Crippen LogP contribution is 2.27. The molecule has 130 valence electrons. The molecular formula is C18H21N5OS. The number of hydrogen-bond acceptors (Lipinski definition) is 6. The van der Waals surface area contributed by atoms with Crippen molar-refractivity contribution in [2.45, 2.75) is 49.3 Å². The first kappa shape index (κ1) is 18.8. The van der Waals surface area contributed by atoms with E-state index < -0.39 is 5.25 Å². The molecule has 1 aliphatic carbocycles. The molecule has 0 aliphatic heterocycles. The first-order chi connectivity index (χ1) is 12.0. The second-order valence-corrected chi connectivity index (χ2v) is 7.24. The lowest BCUT2D eigenvalue weighted by atomic mass is 9.97. The summed E-state index contributed by atoms with van der Waals surface area (Å²) in [5.41, 5.74) is 7.54. The summed E-state index contributed by atoms with van der Waals surface area (Å²) in [5, 5.41) is 21.0. The molecule has 6 nitrogen and oxygen atoms in total. The molecular weight excluding hydrogens is 334 g/mol. The summed E-state index contributed by atoms with van der Waals surface area (Å²) in [4.78, 5) is 16.3. The van der Waals surface area contributed by atoms with Gasteiger partial charge in [-0.1, -0.05) is 23.4 Å². The molecule has 25 heavy (non-hydrogen) atoms. The van der Waals surface area contributed by atoms with Crippen LogP contribution in [-0.2, 0) is 4.79 Å². The molecule has 0 aromatic carbocycles. The average molecular weight is 355 g/mol. The van der Waals surface area contributed by atoms with E-state index in [0.717, 1.165) is 19.3 Å². The van der Waals surface area contributed by atoms with Gasteiger partial charge in [0, 0.05) is 6.54 Å². The van der Waals surface area contributed by atoms with Crippen LogP contribution >= 0.6 is 11.8 Å². The van der Waals surface area contributed by atoms with E-state index in [-0.39, 0.29) is 22.9 Å². The Kier molecular flexibility index (Phi) is 6.85. The van der Waals surface area contributed by atoms with Crippen molar-refractivity contribution >= 4 is 23.5 Å². The van der Waals surface area contributed by atoms with Crippen LogP contribution in [0.15, 0.2) is 22.7 Å². The molecule has 1 atom stereocenters. The molecule has 0 radical (unpaired) electrons. The minimum absolute atomic E-state index is 0.0702. The second-order valence-electron chi connectivity index (χ2n) is 5.91. The van der Waals surface area contributed by atoms with Crippen LogP contribution in [0.4, 0.5) is 5.82 Å². The first-order valence-electron chi connectivity index (χ1n) is 8.28. The maximum Gasteiger partial charge on any atom is 0.233 e. The molecule has 1 aromatic heterocycles. The Hall–Kier alpha value is -2.51. The van der Waals surface area contributed by atoms with Crippen LogP contribution in [0.1, 0.15) is 50.2 Å². The minimum Gasteiger partial charge on any atom is -0.383 e. The van der Waals surface area contributed by atoms with Crippen LogP contribution in [-0.4, -0.2) is 22.7 Å². The minimum atomic E-state index is -0.410. The van der Waals surface area contributed by atoms with Gasteiger partial charge in [0.15, 0.2) is 0 Å². The van der Waals surface area contributed by atoms with Crippen LogP contribution < -0.4 is 11.1 Å². The van der Waals surface area contributed by atoms with E-state index in [4.69, 9.17) is 11.0 Å². The summed E-state index contributed by atoms with van der Waals surface area (Å²) < 4.78 is 0. The van der Waals surface area contributed by atoms with Crippen molar-refractivity contribution in [2.75, 3.05) is 12.3 Å². The third kappa shape index (κ3) is 5.23. The fourth-order valence-corrected chi connectivity index (χ4v) is 3.52. The van der Waals surface area contributed by atoms with Gasteiger partial charge in [-0.25, -0.2) is 4.98 Å². The molecule has 0 fully saturated rings. The van der Waals surface area contributed by atoms with E-state index >= 15 is 0 Å². The molecule has 7 heteroatoms. The van der Waals surface area contributed by atoms with Crippen molar-refractivity contribution in [3.8, 4) is 12.1 Å². The second kappa shape index (κ2) is 9.10. The number of nitrogens with two attached hydrogens (primary N) is 1. The molecule has 2 rings (SSSR count). The van der Waals surface area contributed by atoms with Crippen molar-refractivity contribution in [1.29, 1.82) is 10.5 Å². The highest BCUT2D eigenvalue weighted by atomic mass is 32.2. The van der Waals surface area contributed by atoms with E-state index in [0.29, 0.717) is 11.6 Å². The summed E-state index contributed by atoms with van der Waals surface area (Å²) in [6.45, 7) is 2.38. The van der Waals surface area contributed by atoms with Crippen LogP contribution in [0.3, 0.4) is 0 Å². The summed E-state index contributed by atoms with van der Waals surface area (Å²) >= 11 is 1.17. The van der Waals surface area contributed by atoms with Gasteiger partial charge in [-0.2, -0.15) is 10.5 Å². The third-order valence-electron chi connectivity index (χ3n) is 4.05. The summed E-state index contributed by atoms with van der Waals surface area (Å²) in [6.07, 6.45) is 7.91. The van der Waals surface area contributed by atoms with E-state index in [2.05, 4.69) is 16.4 Å². The summed E-state index contributed by atoms with van der Waals surface area (Å²) in [5.74, 6) is -0.0316. The molecule has 1 heterocycles. The van der Waals surface area contributed by atoms with E-state index in [1.807, 2.05) is 12.1 Å². The van der Waals surface area contributed by atoms with Gasteiger partial charge in [-0.15, -0.1) is 0 Å². The molecule has 1 aliphatic rings. The van der Waals surface area contributed by atoms with Gasteiger partial charge < -0.3 is 11.1 Å². The monoisotopic (exact) mass is 355 g/mol. The molecule has 0 bridgehead atoms. The Morgan fingerprint density at radius 1 is 1.40 bits per heavy atom. The quantitative estimate of drug-likeness (QED) is 0.599. The van der Waals surface area contributed by atoms with Crippen molar-refractivity contribution in [3.05, 3.63) is 28.8 Å². The largest absolute Gasteiger partial charge is 0.383 e. The number of nitriles is 2. The topological polar surface area (TPSA) is 116 Å². The smallest absolute Gasteiger partial charge is 0.233 e. The number of nitrogen functional groups attached to an aromatic ring is 1. The lowest BCUT2D eigenvalue weighted by molar-refractivity contribution is -0.120. The number of hydrogen-bond donors (Lipinski definition) is 2. The van der Waals surface area contributed by atoms with Gasteiger partial charge in [0.05, 0.1) is 16.4 Å². The maximum absolute atomic E-state index is 12.3. The zero-order valence-electron chi connectivity index (χ0n) is 14.2. The highest BCUT2D eigenvalue weighted by molar-refractivity contribution is 8.00. The predicted molar refractivity (Wildman–Crippen MR) is 97.6 cm³/mol. The SMILES string of the molecule is C[C@@H](Sc1nc(N)c(C#N)cc1C#N)C(=O)NCCC1=CCCCC1. The van der Waals surface area contributed by atoms with Crippen molar-refractivity contribution in [3.63, 3.8) is 0 Å². The lowest BCUT2D eigenvalue weighted by Gasteiger charge is -2.15. The van der Waals surface area contributed by atoms with Gasteiger partial charge in [-0.3, -0.25) is 4.79 Å². The predicted octanol–water partition coefficient (Wildman–Crippen LogP) is 2.89. The number of pyridine rings is 1. The van der Waals surface area contributed by atoms with Crippen LogP contribution in [0.5, 0.6) is 0 Å². The fraction of sp³-hybridized carbons (Fsp3) is 0.444. The molecule has 0 unspecified atom stereocenters. The molecule has 0 saturated carbocycles. The van der Waals surface area contributed by atoms with E-state index in [1.54, 1.807) is 6.92 Å². The van der Waals surface area contributed by atoms with Crippen molar-refractivity contribution < 1.29 is 4.79 Å². The number of nitrogens with zero attached hydrogens (tertiary/aromatic N) is 3. The number of aromatic nitrogens is 1. The maximum atomic E-state index is 12.3. The normalized spacial score (nSPS) is 14.8. The van der Waals surface area contributed by atoms with Crippen molar-refractivity contribution in [1.82, 2.24) is 10.3 Å². The van der Waals surface area contributed by atoms with Crippen LogP contribution in [0.25, 0.3) is 0 Å². The lowest BCUT2D eigenvalue weighted by Crippen LogP contribution is -2.32. The summed E-state index contributed by atoms with van der Waals surface area (Å²) in [6, 6.07) is 5.31. The van der Waals surface area contributed by atoms with Gasteiger partial charge in [0.1, 0.15) is 23.0 Å². The Labute approximate surface area is 152 Å². The third-order valence-corrected chi connectivity index (χ3v) is 5.15. The number of carbonyl (C=O) groups is 1. The number of carbonyl (C=O) groups excluding carboxylic acids is 1. The first-order valence-corrected chi connectivity index (χ1v) is 9.16. The Bertz CT molecular complexity index is 760. The zero-order chi connectivity index (χ0) is 18.2. The highest BCUT2D eigenvalue weighted by Gasteiger charge is 2.19. The standard InChI is InChI=1S/C18H21N5OS/c1-12(17(24)22-8-7-13-5-3-2-4-6-13)25-18-15(11-20)9-14(10-19)16(21)23-18/h5,9,12H,2-4,6-8H2,1H3,(H2,21,23)(H,22,24)/t12-/m1/s1. The number of nitrogens with one attached hydrogen (secondary N) is 1. The number of anilines is 1. The number of allylic oxidation sites excluding steroid dienone is 1. The number of thioether (sulfide) groups is 1. The van der Waals surface area contributed by atoms with Crippen molar-refractivity contribution in [2.24, 2.45) is 0 Å².